The van der Waals surface area contributed by atoms with Crippen LogP contribution in [0.1, 0.15) is 12.0 Å². The van der Waals surface area contributed by atoms with Crippen molar-refractivity contribution < 1.29 is 4.79 Å². The summed E-state index contributed by atoms with van der Waals surface area (Å²) in [7, 11) is 0. The molecule has 4 nitrogen and oxygen atoms in total. The lowest BCUT2D eigenvalue weighted by Gasteiger charge is -2.20. The van der Waals surface area contributed by atoms with Gasteiger partial charge < -0.3 is 5.73 Å². The molecule has 0 fully saturated rings. The summed E-state index contributed by atoms with van der Waals surface area (Å²) < 4.78 is 0. The standard InChI is InChI=1S/C11H13N3O/c1-8-2-4-9(5-3-8)14-10(11(12)15)6-7-13-14/h2-5,7,10H,6H2,1H3,(H2,12,15). The van der Waals surface area contributed by atoms with Crippen molar-refractivity contribution in [2.75, 3.05) is 5.01 Å². The molecule has 1 amide bonds. The Morgan fingerprint density at radius 3 is 2.73 bits per heavy atom. The van der Waals surface area contributed by atoms with E-state index in [0.717, 1.165) is 5.69 Å². The highest BCUT2D eigenvalue weighted by atomic mass is 16.1. The molecule has 0 aromatic heterocycles. The van der Waals surface area contributed by atoms with Gasteiger partial charge in [0.05, 0.1) is 5.69 Å². The fraction of sp³-hybridized carbons (Fsp3) is 0.273. The first-order valence-corrected chi connectivity index (χ1v) is 4.86. The highest BCUT2D eigenvalue weighted by Crippen LogP contribution is 2.22. The van der Waals surface area contributed by atoms with E-state index in [1.54, 1.807) is 11.2 Å². The molecule has 0 aliphatic carbocycles. The van der Waals surface area contributed by atoms with E-state index in [2.05, 4.69) is 5.10 Å². The molecule has 0 spiro atoms. The van der Waals surface area contributed by atoms with Gasteiger partial charge in [0.1, 0.15) is 6.04 Å². The van der Waals surface area contributed by atoms with Gasteiger partial charge in [-0.2, -0.15) is 5.10 Å². The van der Waals surface area contributed by atoms with Crippen LogP contribution < -0.4 is 10.7 Å². The molecule has 2 N–H and O–H groups in total. The maximum absolute atomic E-state index is 11.2. The van der Waals surface area contributed by atoms with Crippen molar-refractivity contribution in [1.29, 1.82) is 0 Å². The summed E-state index contributed by atoms with van der Waals surface area (Å²) in [5.74, 6) is -0.340. The van der Waals surface area contributed by atoms with Crippen molar-refractivity contribution >= 4 is 17.8 Å². The summed E-state index contributed by atoms with van der Waals surface area (Å²) >= 11 is 0. The van der Waals surface area contributed by atoms with Crippen LogP contribution in [0.15, 0.2) is 29.4 Å². The average Bonchev–Trinajstić information content (AvgIpc) is 2.67. The Morgan fingerprint density at radius 1 is 1.47 bits per heavy atom. The fourth-order valence-electron chi connectivity index (χ4n) is 1.60. The Balaban J connectivity index is 2.26. The normalized spacial score (nSPS) is 19.5. The number of hydrazone groups is 1. The van der Waals surface area contributed by atoms with Crippen LogP contribution in [0.5, 0.6) is 0 Å². The second-order valence-corrected chi connectivity index (χ2v) is 3.63. The SMILES string of the molecule is Cc1ccc(N2N=CCC2C(N)=O)cc1. The largest absolute Gasteiger partial charge is 0.368 e. The van der Waals surface area contributed by atoms with Gasteiger partial charge in [-0.05, 0) is 19.1 Å². The Bertz CT molecular complexity index is 397. The minimum atomic E-state index is -0.340. The van der Waals surface area contributed by atoms with Crippen LogP contribution in [0.2, 0.25) is 0 Å². The average molecular weight is 203 g/mol. The highest BCUT2D eigenvalue weighted by Gasteiger charge is 2.26. The lowest BCUT2D eigenvalue weighted by atomic mass is 10.2. The van der Waals surface area contributed by atoms with Gasteiger partial charge in [0.2, 0.25) is 5.91 Å². The zero-order valence-electron chi connectivity index (χ0n) is 8.55. The smallest absolute Gasteiger partial charge is 0.242 e. The van der Waals surface area contributed by atoms with E-state index in [1.807, 2.05) is 31.2 Å². The third-order valence-corrected chi connectivity index (χ3v) is 2.46. The monoisotopic (exact) mass is 203 g/mol. The topological polar surface area (TPSA) is 58.7 Å². The zero-order valence-corrected chi connectivity index (χ0v) is 8.55. The number of carbonyl (C=O) groups is 1. The Kier molecular flexibility index (Phi) is 2.41. The van der Waals surface area contributed by atoms with Crippen molar-refractivity contribution in [1.82, 2.24) is 0 Å². The summed E-state index contributed by atoms with van der Waals surface area (Å²) in [4.78, 5) is 11.2. The van der Waals surface area contributed by atoms with Crippen LogP contribution in [0.25, 0.3) is 0 Å². The second kappa shape index (κ2) is 3.73. The molecule has 78 valence electrons. The van der Waals surface area contributed by atoms with Gasteiger partial charge in [-0.3, -0.25) is 9.80 Å². The molecule has 1 aromatic carbocycles. The number of nitrogens with two attached hydrogens (primary N) is 1. The number of anilines is 1. The van der Waals surface area contributed by atoms with Crippen molar-refractivity contribution in [3.63, 3.8) is 0 Å². The molecule has 0 radical (unpaired) electrons. The summed E-state index contributed by atoms with van der Waals surface area (Å²) in [6.07, 6.45) is 2.30. The molecular formula is C11H13N3O. The van der Waals surface area contributed by atoms with E-state index in [1.165, 1.54) is 5.56 Å². The summed E-state index contributed by atoms with van der Waals surface area (Å²) in [6, 6.07) is 7.51. The second-order valence-electron chi connectivity index (χ2n) is 3.63. The molecule has 1 aliphatic rings. The van der Waals surface area contributed by atoms with Crippen LogP contribution in [-0.4, -0.2) is 18.2 Å². The van der Waals surface area contributed by atoms with Gasteiger partial charge in [0.15, 0.2) is 0 Å². The number of nitrogens with zero attached hydrogens (tertiary/aromatic N) is 2. The number of carbonyl (C=O) groups excluding carboxylic acids is 1. The van der Waals surface area contributed by atoms with E-state index < -0.39 is 0 Å². The van der Waals surface area contributed by atoms with Crippen LogP contribution in [0.3, 0.4) is 0 Å². The van der Waals surface area contributed by atoms with E-state index in [4.69, 9.17) is 5.73 Å². The molecule has 1 heterocycles. The molecule has 1 atom stereocenters. The number of amides is 1. The van der Waals surface area contributed by atoms with Gasteiger partial charge >= 0.3 is 0 Å². The van der Waals surface area contributed by atoms with Crippen molar-refractivity contribution in [2.45, 2.75) is 19.4 Å². The highest BCUT2D eigenvalue weighted by molar-refractivity contribution is 5.89. The summed E-state index contributed by atoms with van der Waals surface area (Å²) in [5.41, 5.74) is 7.37. The van der Waals surface area contributed by atoms with Gasteiger partial charge in [-0.25, -0.2) is 0 Å². The van der Waals surface area contributed by atoms with E-state index in [-0.39, 0.29) is 11.9 Å². The lowest BCUT2D eigenvalue weighted by Crippen LogP contribution is -2.39. The molecule has 2 rings (SSSR count). The zero-order chi connectivity index (χ0) is 10.8. The first-order chi connectivity index (χ1) is 7.18. The molecule has 15 heavy (non-hydrogen) atoms. The van der Waals surface area contributed by atoms with E-state index >= 15 is 0 Å². The van der Waals surface area contributed by atoms with Crippen LogP contribution >= 0.6 is 0 Å². The van der Waals surface area contributed by atoms with Gasteiger partial charge in [-0.15, -0.1) is 0 Å². The van der Waals surface area contributed by atoms with Gasteiger partial charge in [-0.1, -0.05) is 17.7 Å². The molecule has 1 unspecified atom stereocenters. The van der Waals surface area contributed by atoms with Gasteiger partial charge in [0, 0.05) is 12.6 Å². The third-order valence-electron chi connectivity index (χ3n) is 2.46. The molecule has 1 aromatic rings. The molecule has 0 bridgehead atoms. The number of rotatable bonds is 2. The third kappa shape index (κ3) is 1.83. The van der Waals surface area contributed by atoms with Crippen LogP contribution in [0, 0.1) is 6.92 Å². The van der Waals surface area contributed by atoms with Crippen molar-refractivity contribution in [3.8, 4) is 0 Å². The first-order valence-electron chi connectivity index (χ1n) is 4.86. The number of primary amides is 1. The number of hydrogen-bond donors (Lipinski definition) is 1. The lowest BCUT2D eigenvalue weighted by molar-refractivity contribution is -0.119. The molecule has 1 aliphatic heterocycles. The van der Waals surface area contributed by atoms with E-state index in [9.17, 15) is 4.79 Å². The molecule has 0 saturated carbocycles. The number of benzene rings is 1. The van der Waals surface area contributed by atoms with Crippen molar-refractivity contribution in [3.05, 3.63) is 29.8 Å². The first kappa shape index (κ1) is 9.71. The van der Waals surface area contributed by atoms with E-state index in [0.29, 0.717) is 6.42 Å². The molecule has 0 saturated heterocycles. The van der Waals surface area contributed by atoms with Crippen LogP contribution in [-0.2, 0) is 4.79 Å². The minimum absolute atomic E-state index is 0.340. The Morgan fingerprint density at radius 2 is 2.13 bits per heavy atom. The van der Waals surface area contributed by atoms with Crippen molar-refractivity contribution in [2.24, 2.45) is 10.8 Å². The summed E-state index contributed by atoms with van der Waals surface area (Å²) in [6.45, 7) is 2.02. The van der Waals surface area contributed by atoms with Crippen LogP contribution in [0.4, 0.5) is 5.69 Å². The molecular weight excluding hydrogens is 190 g/mol. The Labute approximate surface area is 88.4 Å². The predicted octanol–water partition coefficient (Wildman–Crippen LogP) is 1.04. The maximum atomic E-state index is 11.2. The minimum Gasteiger partial charge on any atom is -0.368 e. The Hall–Kier alpha value is -1.84. The predicted molar refractivity (Wildman–Crippen MR) is 59.7 cm³/mol. The molecule has 4 heteroatoms. The maximum Gasteiger partial charge on any atom is 0.242 e. The quantitative estimate of drug-likeness (QED) is 0.780. The van der Waals surface area contributed by atoms with Gasteiger partial charge in [0.25, 0.3) is 0 Å². The number of aryl methyl sites for hydroxylation is 1. The fourth-order valence-corrected chi connectivity index (χ4v) is 1.60. The summed E-state index contributed by atoms with van der Waals surface area (Å²) in [5, 5.41) is 5.81. The number of hydrogen-bond acceptors (Lipinski definition) is 3.